The van der Waals surface area contributed by atoms with Gasteiger partial charge in [0.15, 0.2) is 0 Å². The molecular formula is C12H16N2+2. The predicted molar refractivity (Wildman–Crippen MR) is 58.0 cm³/mol. The number of hydrogen-bond acceptors (Lipinski definition) is 0. The molecule has 2 nitrogen and oxygen atoms in total. The summed E-state index contributed by atoms with van der Waals surface area (Å²) in [6.07, 6.45) is 0. The Hall–Kier alpha value is -1.64. The van der Waals surface area contributed by atoms with Crippen LogP contribution in [0.15, 0.2) is 60.7 Å². The van der Waals surface area contributed by atoms with Gasteiger partial charge in [0.05, 0.1) is 0 Å². The Labute approximate surface area is 84.2 Å². The predicted octanol–water partition coefficient (Wildman–Crippen LogP) is 1.12. The molecule has 0 aromatic heterocycles. The van der Waals surface area contributed by atoms with E-state index in [1.54, 1.807) is 0 Å². The minimum absolute atomic E-state index is 1.07. The zero-order valence-corrected chi connectivity index (χ0v) is 8.19. The fourth-order valence-electron chi connectivity index (χ4n) is 0.956. The van der Waals surface area contributed by atoms with Crippen molar-refractivity contribution in [1.82, 2.24) is 0 Å². The summed E-state index contributed by atoms with van der Waals surface area (Å²) in [5.74, 6) is 0. The summed E-state index contributed by atoms with van der Waals surface area (Å²) in [5.41, 5.74) is 9.58. The van der Waals surface area contributed by atoms with Gasteiger partial charge in [0.2, 0.25) is 0 Å². The topological polar surface area (TPSA) is 55.3 Å². The summed E-state index contributed by atoms with van der Waals surface area (Å²) in [6, 6.07) is 19.7. The Morgan fingerprint density at radius 3 is 0.929 bits per heavy atom. The summed E-state index contributed by atoms with van der Waals surface area (Å²) < 4.78 is 0. The second kappa shape index (κ2) is 5.91. The lowest BCUT2D eigenvalue weighted by Gasteiger charge is -1.78. The fourth-order valence-corrected chi connectivity index (χ4v) is 0.956. The molecule has 0 fully saturated rings. The summed E-state index contributed by atoms with van der Waals surface area (Å²) >= 11 is 0. The zero-order valence-electron chi connectivity index (χ0n) is 8.19. The molecule has 0 spiro atoms. The molecule has 0 aliphatic rings. The van der Waals surface area contributed by atoms with E-state index >= 15 is 0 Å². The largest absolute Gasteiger partial charge is 0.325 e. The first-order chi connectivity index (χ1) is 6.79. The molecule has 0 aliphatic carbocycles. The Bertz CT molecular complexity index is 306. The number of quaternary nitrogens is 2. The summed E-state index contributed by atoms with van der Waals surface area (Å²) in [4.78, 5) is 0. The van der Waals surface area contributed by atoms with Crippen molar-refractivity contribution in [1.29, 1.82) is 0 Å². The highest BCUT2D eigenvalue weighted by atomic mass is 14.5. The van der Waals surface area contributed by atoms with E-state index in [4.69, 9.17) is 0 Å². The molecule has 0 radical (unpaired) electrons. The van der Waals surface area contributed by atoms with Crippen LogP contribution in [0.5, 0.6) is 0 Å². The first-order valence-electron chi connectivity index (χ1n) is 4.53. The van der Waals surface area contributed by atoms with E-state index in [9.17, 15) is 0 Å². The monoisotopic (exact) mass is 188 g/mol. The Morgan fingerprint density at radius 1 is 0.500 bits per heavy atom. The van der Waals surface area contributed by atoms with Gasteiger partial charge in [0.1, 0.15) is 11.4 Å². The standard InChI is InChI=1S/2C6H7N/c2*7-6-4-2-1-3-5-6/h2*1-5H,7H2/p+2. The average Bonchev–Trinajstić information content (AvgIpc) is 2.21. The molecule has 2 aromatic rings. The smallest absolute Gasteiger partial charge is 0.127 e. The van der Waals surface area contributed by atoms with E-state index < -0.39 is 0 Å². The van der Waals surface area contributed by atoms with E-state index in [1.807, 2.05) is 60.7 Å². The second-order valence-electron chi connectivity index (χ2n) is 2.97. The Morgan fingerprint density at radius 2 is 0.786 bits per heavy atom. The van der Waals surface area contributed by atoms with Crippen LogP contribution in [-0.4, -0.2) is 0 Å². The van der Waals surface area contributed by atoms with Crippen LogP contribution in [0.3, 0.4) is 0 Å². The molecule has 2 aromatic carbocycles. The molecule has 0 bridgehead atoms. The molecule has 0 unspecified atom stereocenters. The highest BCUT2D eigenvalue weighted by Crippen LogP contribution is 1.93. The van der Waals surface area contributed by atoms with Crippen LogP contribution in [0.25, 0.3) is 0 Å². The van der Waals surface area contributed by atoms with Gasteiger partial charge in [0.25, 0.3) is 0 Å². The molecule has 0 heterocycles. The lowest BCUT2D eigenvalue weighted by atomic mass is 10.3. The third-order valence-corrected chi connectivity index (χ3v) is 1.69. The van der Waals surface area contributed by atoms with Gasteiger partial charge in [0, 0.05) is 0 Å². The van der Waals surface area contributed by atoms with Crippen molar-refractivity contribution in [2.75, 3.05) is 0 Å². The van der Waals surface area contributed by atoms with Crippen LogP contribution in [0, 0.1) is 0 Å². The molecule has 0 aliphatic heterocycles. The normalized spacial score (nSPS) is 8.71. The first-order valence-corrected chi connectivity index (χ1v) is 4.53. The van der Waals surface area contributed by atoms with E-state index in [-0.39, 0.29) is 0 Å². The maximum atomic E-state index is 3.72. The minimum Gasteiger partial charge on any atom is -0.325 e. The van der Waals surface area contributed by atoms with Gasteiger partial charge in [-0.15, -0.1) is 0 Å². The number of benzene rings is 2. The highest BCUT2D eigenvalue weighted by Gasteiger charge is 1.77. The van der Waals surface area contributed by atoms with Crippen LogP contribution < -0.4 is 11.5 Å². The lowest BCUT2D eigenvalue weighted by molar-refractivity contribution is -0.255. The number of rotatable bonds is 0. The van der Waals surface area contributed by atoms with Gasteiger partial charge in [-0.25, -0.2) is 0 Å². The second-order valence-corrected chi connectivity index (χ2v) is 2.97. The molecule has 6 N–H and O–H groups in total. The van der Waals surface area contributed by atoms with Crippen molar-refractivity contribution in [3.8, 4) is 0 Å². The van der Waals surface area contributed by atoms with E-state index in [0.717, 1.165) is 11.4 Å². The van der Waals surface area contributed by atoms with Gasteiger partial charge in [-0.05, 0) is 24.3 Å². The van der Waals surface area contributed by atoms with Crippen molar-refractivity contribution in [2.45, 2.75) is 0 Å². The Balaban J connectivity index is 0.000000140. The molecule has 0 saturated carbocycles. The molecule has 72 valence electrons. The Kier molecular flexibility index (Phi) is 4.41. The third kappa shape index (κ3) is 4.40. The van der Waals surface area contributed by atoms with Crippen molar-refractivity contribution in [3.05, 3.63) is 60.7 Å². The highest BCUT2D eigenvalue weighted by molar-refractivity contribution is 5.26. The van der Waals surface area contributed by atoms with Crippen LogP contribution >= 0.6 is 0 Å². The van der Waals surface area contributed by atoms with Crippen LogP contribution in [-0.2, 0) is 0 Å². The molecule has 2 heteroatoms. The van der Waals surface area contributed by atoms with Gasteiger partial charge >= 0.3 is 0 Å². The summed E-state index contributed by atoms with van der Waals surface area (Å²) in [6.45, 7) is 0. The van der Waals surface area contributed by atoms with E-state index in [1.165, 1.54) is 0 Å². The molecule has 0 atom stereocenters. The quantitative estimate of drug-likeness (QED) is 0.622. The van der Waals surface area contributed by atoms with Crippen LogP contribution in [0.4, 0.5) is 11.4 Å². The van der Waals surface area contributed by atoms with Crippen molar-refractivity contribution >= 4 is 11.4 Å². The van der Waals surface area contributed by atoms with Gasteiger partial charge < -0.3 is 11.5 Å². The SMILES string of the molecule is [NH3+]c1ccccc1.[NH3+]c1ccccc1. The third-order valence-electron chi connectivity index (χ3n) is 1.69. The van der Waals surface area contributed by atoms with Gasteiger partial charge in [-0.3, -0.25) is 0 Å². The number of hydrogen-bond donors (Lipinski definition) is 2. The molecule has 0 saturated heterocycles. The van der Waals surface area contributed by atoms with Gasteiger partial charge in [-0.2, -0.15) is 0 Å². The minimum atomic E-state index is 1.07. The zero-order chi connectivity index (χ0) is 10.2. The maximum Gasteiger partial charge on any atom is 0.127 e. The van der Waals surface area contributed by atoms with E-state index in [2.05, 4.69) is 11.5 Å². The average molecular weight is 188 g/mol. The van der Waals surface area contributed by atoms with Crippen LogP contribution in [0.2, 0.25) is 0 Å². The van der Waals surface area contributed by atoms with Crippen LogP contribution in [0.1, 0.15) is 0 Å². The van der Waals surface area contributed by atoms with Gasteiger partial charge in [-0.1, -0.05) is 36.4 Å². The lowest BCUT2D eigenvalue weighted by Crippen LogP contribution is -2.39. The molecular weight excluding hydrogens is 172 g/mol. The maximum absolute atomic E-state index is 3.72. The molecule has 2 rings (SSSR count). The van der Waals surface area contributed by atoms with Crippen molar-refractivity contribution in [3.63, 3.8) is 0 Å². The first kappa shape index (κ1) is 10.4. The fraction of sp³-hybridized carbons (Fsp3) is 0. The summed E-state index contributed by atoms with van der Waals surface area (Å²) in [5, 5.41) is 0. The van der Waals surface area contributed by atoms with E-state index in [0.29, 0.717) is 0 Å². The molecule has 14 heavy (non-hydrogen) atoms. The molecule has 0 amide bonds. The van der Waals surface area contributed by atoms with Crippen molar-refractivity contribution in [2.24, 2.45) is 0 Å². The summed E-state index contributed by atoms with van der Waals surface area (Å²) in [7, 11) is 0. The van der Waals surface area contributed by atoms with Crippen molar-refractivity contribution < 1.29 is 11.5 Å².